The topological polar surface area (TPSA) is 166 Å². The zero-order valence-corrected chi connectivity index (χ0v) is 12.0. The summed E-state index contributed by atoms with van der Waals surface area (Å²) in [7, 11) is -2.77. The predicted molar refractivity (Wildman–Crippen MR) is 72.9 cm³/mol. The Balaban J connectivity index is 1.86. The van der Waals surface area contributed by atoms with Gasteiger partial charge in [-0.15, -0.1) is 9.42 Å². The Labute approximate surface area is 123 Å². The van der Waals surface area contributed by atoms with Gasteiger partial charge in [0.15, 0.2) is 11.2 Å². The van der Waals surface area contributed by atoms with Gasteiger partial charge < -0.3 is 15.6 Å². The minimum Gasteiger partial charge on any atom is -0.390 e. The van der Waals surface area contributed by atoms with E-state index in [1.54, 1.807) is 0 Å². The first kappa shape index (κ1) is 15.0. The summed E-state index contributed by atoms with van der Waals surface area (Å²) in [6.45, 7) is -0.230. The van der Waals surface area contributed by atoms with Gasteiger partial charge in [-0.2, -0.15) is 4.98 Å². The van der Waals surface area contributed by atoms with Crippen LogP contribution in [0.3, 0.4) is 0 Å². The summed E-state index contributed by atoms with van der Waals surface area (Å²) in [5.74, 6) is -0.0602. The number of imidazole rings is 1. The molecule has 0 bridgehead atoms. The molecule has 0 spiro atoms. The highest BCUT2D eigenvalue weighted by Crippen LogP contribution is 2.31. The molecule has 1 saturated heterocycles. The molecule has 1 fully saturated rings. The van der Waals surface area contributed by atoms with Crippen molar-refractivity contribution >= 4 is 25.4 Å². The summed E-state index contributed by atoms with van der Waals surface area (Å²) in [6, 6.07) is 0. The average molecular weight is 330 g/mol. The highest BCUT2D eigenvalue weighted by molar-refractivity contribution is 7.32. The van der Waals surface area contributed by atoms with Gasteiger partial charge in [-0.05, 0) is 0 Å². The van der Waals surface area contributed by atoms with Gasteiger partial charge in [0.05, 0.1) is 12.4 Å². The third kappa shape index (κ3) is 2.72. The van der Waals surface area contributed by atoms with E-state index in [4.69, 9.17) is 15.4 Å². The molecular formula is C10H13N5O6P+. The molecule has 0 aliphatic carbocycles. The van der Waals surface area contributed by atoms with E-state index < -0.39 is 32.2 Å². The lowest BCUT2D eigenvalue weighted by Gasteiger charge is -2.13. The monoisotopic (exact) mass is 330 g/mol. The molecule has 12 heteroatoms. The molecule has 0 radical (unpaired) electrons. The van der Waals surface area contributed by atoms with Crippen LogP contribution < -0.4 is 11.3 Å². The van der Waals surface area contributed by atoms with Crippen molar-refractivity contribution in [2.75, 3.05) is 12.3 Å². The van der Waals surface area contributed by atoms with Crippen LogP contribution in [0.25, 0.3) is 11.2 Å². The highest BCUT2D eigenvalue weighted by atomic mass is 31.1. The van der Waals surface area contributed by atoms with Crippen molar-refractivity contribution in [3.8, 4) is 0 Å². The normalized spacial score (nSPS) is 25.7. The first-order chi connectivity index (χ1) is 10.5. The summed E-state index contributed by atoms with van der Waals surface area (Å²) in [4.78, 5) is 30.6. The molecule has 0 aromatic carbocycles. The van der Waals surface area contributed by atoms with Gasteiger partial charge in [-0.1, -0.05) is 0 Å². The summed E-state index contributed by atoms with van der Waals surface area (Å²) >= 11 is 0. The van der Waals surface area contributed by atoms with E-state index in [-0.39, 0.29) is 30.1 Å². The van der Waals surface area contributed by atoms with Crippen molar-refractivity contribution in [2.45, 2.75) is 24.9 Å². The van der Waals surface area contributed by atoms with Gasteiger partial charge in [-0.3, -0.25) is 14.3 Å². The number of nitrogen functional groups attached to an aromatic ring is 1. The maximum atomic E-state index is 11.7. The number of nitrogens with one attached hydrogen (secondary N) is 1. The van der Waals surface area contributed by atoms with Crippen LogP contribution in [-0.2, 0) is 13.8 Å². The van der Waals surface area contributed by atoms with E-state index in [9.17, 15) is 14.5 Å². The van der Waals surface area contributed by atoms with Crippen LogP contribution in [0, 0.1) is 0 Å². The first-order valence-electron chi connectivity index (χ1n) is 6.30. The maximum Gasteiger partial charge on any atom is 0.694 e. The van der Waals surface area contributed by atoms with Gasteiger partial charge in [0.1, 0.15) is 18.9 Å². The summed E-state index contributed by atoms with van der Waals surface area (Å²) in [5, 5.41) is 9.92. The van der Waals surface area contributed by atoms with Crippen molar-refractivity contribution in [3.63, 3.8) is 0 Å². The molecule has 3 heterocycles. The van der Waals surface area contributed by atoms with Crippen molar-refractivity contribution in [2.24, 2.45) is 0 Å². The Morgan fingerprint density at radius 2 is 2.41 bits per heavy atom. The number of fused-ring (bicyclic) bond motifs is 1. The number of H-pyrrole nitrogens is 1. The molecule has 5 N–H and O–H groups in total. The molecule has 2 aromatic heterocycles. The molecule has 0 saturated carbocycles. The Morgan fingerprint density at radius 1 is 1.64 bits per heavy atom. The summed E-state index contributed by atoms with van der Waals surface area (Å²) < 4.78 is 22.1. The SMILES string of the molecule is Nc1nc2c(ncn2[C@H]2CC(O)[C@@H](CO[P+](=O)O)O2)c(=O)[nH]1. The Morgan fingerprint density at radius 3 is 3.14 bits per heavy atom. The molecule has 4 atom stereocenters. The molecule has 0 amide bonds. The molecule has 11 nitrogen and oxygen atoms in total. The number of hydrogen-bond donors (Lipinski definition) is 4. The third-order valence-corrected chi connectivity index (χ3v) is 3.68. The van der Waals surface area contributed by atoms with Gasteiger partial charge in [0.2, 0.25) is 5.95 Å². The molecule has 2 unspecified atom stereocenters. The van der Waals surface area contributed by atoms with Crippen LogP contribution in [0.15, 0.2) is 11.1 Å². The number of aliphatic hydroxyl groups excluding tert-OH is 1. The molecule has 2 aromatic rings. The van der Waals surface area contributed by atoms with Gasteiger partial charge >= 0.3 is 8.25 Å². The van der Waals surface area contributed by atoms with E-state index in [0.717, 1.165) is 0 Å². The largest absolute Gasteiger partial charge is 0.694 e. The van der Waals surface area contributed by atoms with Crippen LogP contribution in [0.1, 0.15) is 12.6 Å². The van der Waals surface area contributed by atoms with E-state index in [1.807, 2.05) is 0 Å². The van der Waals surface area contributed by atoms with E-state index in [1.165, 1.54) is 10.9 Å². The van der Waals surface area contributed by atoms with Crippen LogP contribution >= 0.6 is 8.25 Å². The van der Waals surface area contributed by atoms with Gasteiger partial charge in [0.25, 0.3) is 5.56 Å². The number of hydrogen-bond acceptors (Lipinski definition) is 8. The summed E-state index contributed by atoms with van der Waals surface area (Å²) in [6.07, 6.45) is -0.751. The number of aromatic nitrogens is 4. The fourth-order valence-corrected chi connectivity index (χ4v) is 2.60. The molecule has 22 heavy (non-hydrogen) atoms. The zero-order chi connectivity index (χ0) is 15.9. The van der Waals surface area contributed by atoms with Crippen LogP contribution in [0.4, 0.5) is 5.95 Å². The second-order valence-electron chi connectivity index (χ2n) is 4.74. The zero-order valence-electron chi connectivity index (χ0n) is 11.1. The van der Waals surface area contributed by atoms with Crippen molar-refractivity contribution < 1.29 is 23.8 Å². The first-order valence-corrected chi connectivity index (χ1v) is 7.43. The predicted octanol–water partition coefficient (Wildman–Crippen LogP) is -0.984. The minimum atomic E-state index is -2.77. The van der Waals surface area contributed by atoms with Crippen molar-refractivity contribution in [3.05, 3.63) is 16.7 Å². The van der Waals surface area contributed by atoms with Crippen molar-refractivity contribution in [1.29, 1.82) is 0 Å². The third-order valence-electron chi connectivity index (χ3n) is 3.31. The van der Waals surface area contributed by atoms with Crippen molar-refractivity contribution in [1.82, 2.24) is 19.5 Å². The number of anilines is 1. The smallest absolute Gasteiger partial charge is 0.390 e. The maximum absolute atomic E-state index is 11.7. The fourth-order valence-electron chi connectivity index (χ4n) is 2.33. The lowest BCUT2D eigenvalue weighted by molar-refractivity contribution is -0.0384. The Hall–Kier alpha value is -1.91. The van der Waals surface area contributed by atoms with E-state index in [2.05, 4.69) is 19.5 Å². The Kier molecular flexibility index (Phi) is 3.89. The summed E-state index contributed by atoms with van der Waals surface area (Å²) in [5.41, 5.74) is 5.37. The number of nitrogens with two attached hydrogens (primary N) is 1. The highest BCUT2D eigenvalue weighted by Gasteiger charge is 2.38. The van der Waals surface area contributed by atoms with Gasteiger partial charge in [-0.25, -0.2) is 4.98 Å². The average Bonchev–Trinajstić information content (AvgIpc) is 3.00. The molecule has 118 valence electrons. The Bertz CT molecular complexity index is 775. The molecule has 3 rings (SSSR count). The molecular weight excluding hydrogens is 317 g/mol. The number of aliphatic hydroxyl groups is 1. The van der Waals surface area contributed by atoms with Gasteiger partial charge in [0, 0.05) is 11.0 Å². The molecule has 1 aliphatic heterocycles. The minimum absolute atomic E-state index is 0.0602. The number of ether oxygens (including phenoxy) is 1. The van der Waals surface area contributed by atoms with Crippen LogP contribution in [0.2, 0.25) is 0 Å². The quantitative estimate of drug-likeness (QED) is 0.515. The van der Waals surface area contributed by atoms with E-state index in [0.29, 0.717) is 0 Å². The standard InChI is InChI=1S/C10H12N5O6P/c11-10-13-8-7(9(17)14-10)12-3-15(8)6-1-4(16)5(21-6)2-20-22(18)19/h3-6,16H,1-2H2,(H3-,11,13,14,17,18,19)/p+1/t4?,5-,6-/m1/s1. The molecule has 1 aliphatic rings. The van der Waals surface area contributed by atoms with E-state index >= 15 is 0 Å². The van der Waals surface area contributed by atoms with Crippen LogP contribution in [0.5, 0.6) is 0 Å². The number of nitrogens with zero attached hydrogens (tertiary/aromatic N) is 3. The van der Waals surface area contributed by atoms with Crippen LogP contribution in [-0.4, -0.2) is 48.3 Å². The number of aromatic amines is 1. The second kappa shape index (κ2) is 5.71. The fraction of sp³-hybridized carbons (Fsp3) is 0.500. The number of rotatable bonds is 4. The lowest BCUT2D eigenvalue weighted by atomic mass is 10.2. The second-order valence-corrected chi connectivity index (χ2v) is 5.47. The lowest BCUT2D eigenvalue weighted by Crippen LogP contribution is -2.25.